The summed E-state index contributed by atoms with van der Waals surface area (Å²) in [6, 6.07) is 3.15. The van der Waals surface area contributed by atoms with Crippen molar-refractivity contribution in [1.82, 2.24) is 20.9 Å². The number of amides is 4. The molecule has 1 heterocycles. The van der Waals surface area contributed by atoms with Crippen LogP contribution in [0.4, 0.5) is 0 Å². The number of hydrogen-bond donors (Lipinski definition) is 7. The van der Waals surface area contributed by atoms with Crippen LogP contribution in [0.2, 0.25) is 0 Å². The molecule has 1 aromatic carbocycles. The molecule has 0 bridgehead atoms. The Morgan fingerprint density at radius 3 is 2.27 bits per heavy atom. The van der Waals surface area contributed by atoms with E-state index in [4.69, 9.17) is 11.5 Å². The number of carbonyl (C=O) groups is 5. The van der Waals surface area contributed by atoms with E-state index in [0.717, 1.165) is 16.5 Å². The summed E-state index contributed by atoms with van der Waals surface area (Å²) in [6.07, 6.45) is 4.40. The average molecular weight is 577 g/mol. The van der Waals surface area contributed by atoms with Crippen LogP contribution in [-0.2, 0) is 30.4 Å². The minimum Gasteiger partial charge on any atom is -0.480 e. The van der Waals surface area contributed by atoms with Gasteiger partial charge in [-0.15, -0.1) is 0 Å². The second-order valence-corrected chi connectivity index (χ2v) is 10.8. The maximum absolute atomic E-state index is 13.4. The van der Waals surface area contributed by atoms with E-state index in [1.54, 1.807) is 13.1 Å². The Morgan fingerprint density at radius 2 is 1.65 bits per heavy atom. The lowest BCUT2D eigenvalue weighted by atomic mass is 9.98. The Morgan fingerprint density at radius 1 is 1.00 bits per heavy atom. The summed E-state index contributed by atoms with van der Waals surface area (Å²) in [6.45, 7) is 3.55. The largest absolute Gasteiger partial charge is 0.480 e. The maximum atomic E-state index is 13.4. The SMILES string of the molecule is CCC(C)C(NC(=O)C(Cc1c[nH]c2ccccc12)NC(=O)C(CCSC)NC(=O)C(N)CCC(N)=O)C(=O)O. The number of nitrogens with two attached hydrogens (primary N) is 2. The highest BCUT2D eigenvalue weighted by atomic mass is 32.2. The van der Waals surface area contributed by atoms with E-state index < -0.39 is 53.8 Å². The van der Waals surface area contributed by atoms with Crippen molar-refractivity contribution < 1.29 is 29.1 Å². The number of carboxylic acids is 1. The summed E-state index contributed by atoms with van der Waals surface area (Å²) >= 11 is 1.47. The highest BCUT2D eigenvalue weighted by molar-refractivity contribution is 7.98. The third kappa shape index (κ3) is 9.56. The maximum Gasteiger partial charge on any atom is 0.326 e. The van der Waals surface area contributed by atoms with Crippen LogP contribution in [-0.4, -0.2) is 75.9 Å². The fourth-order valence-corrected chi connectivity index (χ4v) is 4.62. The number of H-pyrrole nitrogens is 1. The van der Waals surface area contributed by atoms with Gasteiger partial charge in [0, 0.05) is 29.9 Å². The predicted octanol–water partition coefficient (Wildman–Crippen LogP) is 0.641. The van der Waals surface area contributed by atoms with E-state index in [1.807, 2.05) is 37.4 Å². The molecule has 4 amide bonds. The lowest BCUT2D eigenvalue weighted by Crippen LogP contribution is -2.58. The van der Waals surface area contributed by atoms with Crippen molar-refractivity contribution in [2.45, 2.75) is 70.1 Å². The number of fused-ring (bicyclic) bond motifs is 1. The molecule has 0 aliphatic carbocycles. The molecule has 13 heteroatoms. The average Bonchev–Trinajstić information content (AvgIpc) is 3.33. The standard InChI is InChI=1S/C27H40N6O6S/c1-4-15(2)23(27(38)39)33-26(37)21(13-16-14-30-19-8-6-5-7-17(16)19)32-25(36)20(11-12-40-3)31-24(35)18(28)9-10-22(29)34/h5-8,14-15,18,20-21,23,30H,4,9-13,28H2,1-3H3,(H2,29,34)(H,31,35)(H,32,36)(H,33,37)(H,38,39). The molecule has 0 radical (unpaired) electrons. The number of primary amides is 1. The number of carboxylic acid groups (broad SMARTS) is 1. The van der Waals surface area contributed by atoms with Gasteiger partial charge in [-0.3, -0.25) is 19.2 Å². The number of hydrogen-bond acceptors (Lipinski definition) is 7. The number of aliphatic carboxylic acids is 1. The first-order valence-corrected chi connectivity index (χ1v) is 14.6. The van der Waals surface area contributed by atoms with Crippen molar-refractivity contribution in [3.05, 3.63) is 36.0 Å². The fourth-order valence-electron chi connectivity index (χ4n) is 4.15. The van der Waals surface area contributed by atoms with Crippen LogP contribution in [0.25, 0.3) is 10.9 Å². The molecule has 0 saturated heterocycles. The van der Waals surface area contributed by atoms with Crippen LogP contribution in [0.1, 0.15) is 45.1 Å². The molecule has 0 aliphatic rings. The molecule has 0 aliphatic heterocycles. The van der Waals surface area contributed by atoms with E-state index in [9.17, 15) is 29.1 Å². The Hall–Kier alpha value is -3.58. The summed E-state index contributed by atoms with van der Waals surface area (Å²) in [4.78, 5) is 65.6. The first kappa shape index (κ1) is 32.6. The molecule has 12 nitrogen and oxygen atoms in total. The zero-order valence-corrected chi connectivity index (χ0v) is 23.9. The van der Waals surface area contributed by atoms with E-state index in [-0.39, 0.29) is 31.6 Å². The van der Waals surface area contributed by atoms with E-state index in [0.29, 0.717) is 12.2 Å². The molecule has 2 rings (SSSR count). The quantitative estimate of drug-likeness (QED) is 0.142. The second kappa shape index (κ2) is 15.9. The highest BCUT2D eigenvalue weighted by Gasteiger charge is 2.32. The number of nitrogens with one attached hydrogen (secondary N) is 4. The lowest BCUT2D eigenvalue weighted by molar-refractivity contribution is -0.143. The van der Waals surface area contributed by atoms with Gasteiger partial charge in [0.2, 0.25) is 23.6 Å². The van der Waals surface area contributed by atoms with Crippen molar-refractivity contribution >= 4 is 52.3 Å². The number of rotatable bonds is 17. The fraction of sp³-hybridized carbons (Fsp3) is 0.519. The minimum atomic E-state index is -1.17. The number of aromatic amines is 1. The van der Waals surface area contributed by atoms with Crippen molar-refractivity contribution in [3.8, 4) is 0 Å². The van der Waals surface area contributed by atoms with Gasteiger partial charge in [-0.05, 0) is 42.4 Å². The first-order chi connectivity index (χ1) is 19.0. The summed E-state index contributed by atoms with van der Waals surface area (Å²) < 4.78 is 0. The van der Waals surface area contributed by atoms with Crippen LogP contribution >= 0.6 is 11.8 Å². The number of carbonyl (C=O) groups excluding carboxylic acids is 4. The number of thioether (sulfide) groups is 1. The molecule has 5 unspecified atom stereocenters. The van der Waals surface area contributed by atoms with Gasteiger partial charge in [-0.2, -0.15) is 11.8 Å². The Bertz CT molecular complexity index is 1190. The molecule has 0 saturated carbocycles. The van der Waals surface area contributed by atoms with Gasteiger partial charge < -0.3 is 37.5 Å². The topological polar surface area (TPSA) is 210 Å². The van der Waals surface area contributed by atoms with E-state index in [2.05, 4.69) is 20.9 Å². The summed E-state index contributed by atoms with van der Waals surface area (Å²) in [5, 5.41) is 18.5. The van der Waals surface area contributed by atoms with Gasteiger partial charge >= 0.3 is 5.97 Å². The van der Waals surface area contributed by atoms with Gasteiger partial charge in [0.1, 0.15) is 18.1 Å². The summed E-state index contributed by atoms with van der Waals surface area (Å²) in [5.41, 5.74) is 12.6. The van der Waals surface area contributed by atoms with Crippen molar-refractivity contribution in [3.63, 3.8) is 0 Å². The van der Waals surface area contributed by atoms with Crippen molar-refractivity contribution in [1.29, 1.82) is 0 Å². The molecule has 0 spiro atoms. The van der Waals surface area contributed by atoms with E-state index >= 15 is 0 Å². The molecular formula is C27H40N6O6S. The van der Waals surface area contributed by atoms with Crippen LogP contribution in [0, 0.1) is 5.92 Å². The predicted molar refractivity (Wildman–Crippen MR) is 154 cm³/mol. The Kier molecular flexibility index (Phi) is 12.9. The number of aromatic nitrogens is 1. The summed E-state index contributed by atoms with van der Waals surface area (Å²) in [5.74, 6) is -3.47. The van der Waals surface area contributed by atoms with Gasteiger partial charge in [-0.1, -0.05) is 38.5 Å². The normalized spacial score (nSPS) is 14.9. The molecule has 40 heavy (non-hydrogen) atoms. The summed E-state index contributed by atoms with van der Waals surface area (Å²) in [7, 11) is 0. The number of para-hydroxylation sites is 1. The Labute approximate surface area is 237 Å². The third-order valence-corrected chi connectivity index (χ3v) is 7.43. The van der Waals surface area contributed by atoms with E-state index in [1.165, 1.54) is 11.8 Å². The molecular weight excluding hydrogens is 536 g/mol. The first-order valence-electron chi connectivity index (χ1n) is 13.2. The lowest BCUT2D eigenvalue weighted by Gasteiger charge is -2.26. The monoisotopic (exact) mass is 576 g/mol. The Balaban J connectivity index is 2.30. The third-order valence-electron chi connectivity index (χ3n) is 6.79. The van der Waals surface area contributed by atoms with Crippen LogP contribution < -0.4 is 27.4 Å². The molecule has 1 aromatic heterocycles. The molecule has 5 atom stereocenters. The van der Waals surface area contributed by atoms with Gasteiger partial charge in [-0.25, -0.2) is 4.79 Å². The molecule has 9 N–H and O–H groups in total. The van der Waals surface area contributed by atoms with Crippen LogP contribution in [0.15, 0.2) is 30.5 Å². The van der Waals surface area contributed by atoms with Gasteiger partial charge in [0.25, 0.3) is 0 Å². The minimum absolute atomic E-state index is 0.0236. The van der Waals surface area contributed by atoms with Crippen LogP contribution in [0.3, 0.4) is 0 Å². The van der Waals surface area contributed by atoms with Crippen LogP contribution in [0.5, 0.6) is 0 Å². The molecule has 2 aromatic rings. The number of benzene rings is 1. The molecule has 220 valence electrons. The van der Waals surface area contributed by atoms with Gasteiger partial charge in [0.15, 0.2) is 0 Å². The zero-order valence-electron chi connectivity index (χ0n) is 23.1. The smallest absolute Gasteiger partial charge is 0.326 e. The molecule has 0 fully saturated rings. The van der Waals surface area contributed by atoms with Crippen molar-refractivity contribution in [2.24, 2.45) is 17.4 Å². The second-order valence-electron chi connectivity index (χ2n) is 9.79. The zero-order chi connectivity index (χ0) is 29.8. The highest BCUT2D eigenvalue weighted by Crippen LogP contribution is 2.20. The van der Waals surface area contributed by atoms with Gasteiger partial charge in [0.05, 0.1) is 6.04 Å². The van der Waals surface area contributed by atoms with Crippen molar-refractivity contribution in [2.75, 3.05) is 12.0 Å².